The highest BCUT2D eigenvalue weighted by molar-refractivity contribution is 6.31. The molecular weight excluding hydrogens is 355 g/mol. The maximum atomic E-state index is 13.9. The minimum absolute atomic E-state index is 0.0166. The van der Waals surface area contributed by atoms with Gasteiger partial charge < -0.3 is 10.2 Å². The van der Waals surface area contributed by atoms with E-state index in [9.17, 15) is 14.0 Å². The first-order chi connectivity index (χ1) is 12.5. The summed E-state index contributed by atoms with van der Waals surface area (Å²) in [5.41, 5.74) is 0.224. The van der Waals surface area contributed by atoms with E-state index in [-0.39, 0.29) is 34.7 Å². The molecule has 26 heavy (non-hydrogen) atoms. The highest BCUT2D eigenvalue weighted by Crippen LogP contribution is 2.22. The van der Waals surface area contributed by atoms with E-state index in [4.69, 9.17) is 11.6 Å². The van der Waals surface area contributed by atoms with Gasteiger partial charge in [-0.2, -0.15) is 0 Å². The Morgan fingerprint density at radius 3 is 2.85 bits per heavy atom. The molecule has 6 heteroatoms. The van der Waals surface area contributed by atoms with Crippen LogP contribution in [-0.4, -0.2) is 36.3 Å². The molecule has 0 saturated carbocycles. The van der Waals surface area contributed by atoms with E-state index < -0.39 is 5.82 Å². The number of rotatable bonds is 8. The van der Waals surface area contributed by atoms with Gasteiger partial charge in [-0.05, 0) is 31.4 Å². The van der Waals surface area contributed by atoms with Crippen molar-refractivity contribution in [1.82, 2.24) is 10.2 Å². The topological polar surface area (TPSA) is 49.4 Å². The van der Waals surface area contributed by atoms with E-state index in [0.717, 1.165) is 25.7 Å². The van der Waals surface area contributed by atoms with Crippen LogP contribution in [0.5, 0.6) is 0 Å². The second-order valence-electron chi connectivity index (χ2n) is 6.91. The zero-order chi connectivity index (χ0) is 18.9. The minimum atomic E-state index is -0.468. The quantitative estimate of drug-likeness (QED) is 0.692. The van der Waals surface area contributed by atoms with Crippen LogP contribution in [0.4, 0.5) is 4.39 Å². The van der Waals surface area contributed by atoms with E-state index in [1.54, 1.807) is 11.0 Å². The number of amides is 2. The van der Waals surface area contributed by atoms with E-state index in [2.05, 4.69) is 12.2 Å². The fourth-order valence-corrected chi connectivity index (χ4v) is 3.52. The van der Waals surface area contributed by atoms with Crippen molar-refractivity contribution in [2.75, 3.05) is 19.6 Å². The number of likely N-dealkylation sites (tertiary alicyclic amines) is 1. The van der Waals surface area contributed by atoms with Gasteiger partial charge in [0.05, 0.1) is 12.3 Å². The maximum Gasteiger partial charge on any atom is 0.227 e. The molecule has 144 valence electrons. The fourth-order valence-electron chi connectivity index (χ4n) is 3.29. The van der Waals surface area contributed by atoms with Crippen molar-refractivity contribution in [2.45, 2.75) is 51.9 Å². The Hall–Kier alpha value is -1.62. The largest absolute Gasteiger partial charge is 0.356 e. The molecule has 1 heterocycles. The van der Waals surface area contributed by atoms with Gasteiger partial charge in [-0.25, -0.2) is 4.39 Å². The molecule has 1 aromatic rings. The van der Waals surface area contributed by atoms with Gasteiger partial charge in [-0.1, -0.05) is 43.9 Å². The molecule has 1 aliphatic heterocycles. The number of nitrogens with one attached hydrogen (secondary N) is 1. The summed E-state index contributed by atoms with van der Waals surface area (Å²) in [6.45, 7) is 3.84. The van der Waals surface area contributed by atoms with Crippen LogP contribution in [0, 0.1) is 11.7 Å². The molecule has 0 spiro atoms. The minimum Gasteiger partial charge on any atom is -0.356 e. The van der Waals surface area contributed by atoms with Crippen molar-refractivity contribution in [1.29, 1.82) is 0 Å². The number of unbranched alkanes of at least 4 members (excludes halogenated alkanes) is 3. The molecule has 2 rings (SSSR count). The van der Waals surface area contributed by atoms with Crippen LogP contribution >= 0.6 is 11.6 Å². The van der Waals surface area contributed by atoms with Gasteiger partial charge in [0.2, 0.25) is 11.8 Å². The number of carbonyl (C=O) groups excluding carboxylic acids is 2. The van der Waals surface area contributed by atoms with Crippen LogP contribution in [0.25, 0.3) is 0 Å². The lowest BCUT2D eigenvalue weighted by atomic mass is 9.96. The van der Waals surface area contributed by atoms with E-state index in [1.807, 2.05) is 0 Å². The molecule has 1 aromatic carbocycles. The molecule has 0 radical (unpaired) electrons. The zero-order valence-corrected chi connectivity index (χ0v) is 16.2. The Kier molecular flexibility index (Phi) is 8.36. The SMILES string of the molecule is CCCCCCNC(=O)C1CCCN(C(=O)Cc2c(F)cccc2Cl)C1. The molecule has 1 N–H and O–H groups in total. The third-order valence-corrected chi connectivity index (χ3v) is 5.22. The van der Waals surface area contributed by atoms with Gasteiger partial charge in [-0.15, -0.1) is 0 Å². The van der Waals surface area contributed by atoms with E-state index >= 15 is 0 Å². The van der Waals surface area contributed by atoms with Crippen LogP contribution < -0.4 is 5.32 Å². The molecule has 1 aliphatic rings. The lowest BCUT2D eigenvalue weighted by Gasteiger charge is -2.32. The summed E-state index contributed by atoms with van der Waals surface area (Å²) < 4.78 is 13.9. The monoisotopic (exact) mass is 382 g/mol. The van der Waals surface area contributed by atoms with Crippen molar-refractivity contribution < 1.29 is 14.0 Å². The predicted molar refractivity (Wildman–Crippen MR) is 102 cm³/mol. The lowest BCUT2D eigenvalue weighted by molar-refractivity contribution is -0.135. The Morgan fingerprint density at radius 1 is 1.31 bits per heavy atom. The van der Waals surface area contributed by atoms with Crippen LogP contribution in [-0.2, 0) is 16.0 Å². The lowest BCUT2D eigenvalue weighted by Crippen LogP contribution is -2.46. The number of hydrogen-bond donors (Lipinski definition) is 1. The summed E-state index contributed by atoms with van der Waals surface area (Å²) in [5, 5.41) is 3.24. The average Bonchev–Trinajstić information content (AvgIpc) is 2.64. The maximum absolute atomic E-state index is 13.9. The van der Waals surface area contributed by atoms with Gasteiger partial charge in [0.25, 0.3) is 0 Å². The third kappa shape index (κ3) is 5.97. The molecule has 4 nitrogen and oxygen atoms in total. The first-order valence-corrected chi connectivity index (χ1v) is 9.89. The van der Waals surface area contributed by atoms with Crippen LogP contribution in [0.15, 0.2) is 18.2 Å². The average molecular weight is 383 g/mol. The Bertz CT molecular complexity index is 604. The molecule has 0 aliphatic carbocycles. The summed E-state index contributed by atoms with van der Waals surface area (Å²) in [7, 11) is 0. The van der Waals surface area contributed by atoms with Crippen molar-refractivity contribution >= 4 is 23.4 Å². The second-order valence-corrected chi connectivity index (χ2v) is 7.31. The molecule has 2 amide bonds. The van der Waals surface area contributed by atoms with Gasteiger partial charge in [0.15, 0.2) is 0 Å². The van der Waals surface area contributed by atoms with Gasteiger partial charge in [0, 0.05) is 30.2 Å². The molecule has 1 fully saturated rings. The summed E-state index contributed by atoms with van der Waals surface area (Å²) in [5.74, 6) is -0.820. The van der Waals surface area contributed by atoms with Gasteiger partial charge in [0.1, 0.15) is 5.82 Å². The van der Waals surface area contributed by atoms with Crippen LogP contribution in [0.1, 0.15) is 51.0 Å². The fraction of sp³-hybridized carbons (Fsp3) is 0.600. The molecular formula is C20H28ClFN2O2. The van der Waals surface area contributed by atoms with Crippen LogP contribution in [0.2, 0.25) is 5.02 Å². The number of nitrogens with zero attached hydrogens (tertiary/aromatic N) is 1. The number of hydrogen-bond acceptors (Lipinski definition) is 2. The van der Waals surface area contributed by atoms with E-state index in [0.29, 0.717) is 19.6 Å². The van der Waals surface area contributed by atoms with Crippen molar-refractivity contribution in [3.63, 3.8) is 0 Å². The summed E-state index contributed by atoms with van der Waals surface area (Å²) in [4.78, 5) is 26.5. The van der Waals surface area contributed by atoms with E-state index in [1.165, 1.54) is 25.0 Å². The first kappa shape index (κ1) is 20.7. The zero-order valence-electron chi connectivity index (χ0n) is 15.4. The summed E-state index contributed by atoms with van der Waals surface area (Å²) in [6.07, 6.45) is 5.95. The standard InChI is InChI=1S/C20H28ClFN2O2/c1-2-3-4-5-11-23-20(26)15-8-7-12-24(14-15)19(25)13-16-17(21)9-6-10-18(16)22/h6,9-10,15H,2-5,7-8,11-14H2,1H3,(H,23,26). The number of carbonyl (C=O) groups is 2. The Balaban J connectivity index is 1.85. The summed E-state index contributed by atoms with van der Waals surface area (Å²) in [6, 6.07) is 4.41. The molecule has 0 bridgehead atoms. The number of halogens is 2. The van der Waals surface area contributed by atoms with Crippen molar-refractivity contribution in [3.8, 4) is 0 Å². The molecule has 1 saturated heterocycles. The van der Waals surface area contributed by atoms with Crippen molar-refractivity contribution in [2.24, 2.45) is 5.92 Å². The molecule has 0 aromatic heterocycles. The molecule has 1 unspecified atom stereocenters. The van der Waals surface area contributed by atoms with Gasteiger partial charge >= 0.3 is 0 Å². The van der Waals surface area contributed by atoms with Crippen LogP contribution in [0.3, 0.4) is 0 Å². The third-order valence-electron chi connectivity index (χ3n) is 4.86. The van der Waals surface area contributed by atoms with Gasteiger partial charge in [-0.3, -0.25) is 9.59 Å². The van der Waals surface area contributed by atoms with Crippen molar-refractivity contribution in [3.05, 3.63) is 34.6 Å². The highest BCUT2D eigenvalue weighted by Gasteiger charge is 2.28. The Morgan fingerprint density at radius 2 is 2.12 bits per heavy atom. The Labute approximate surface area is 160 Å². The second kappa shape index (κ2) is 10.5. The normalized spacial score (nSPS) is 17.2. The molecule has 1 atom stereocenters. The first-order valence-electron chi connectivity index (χ1n) is 9.51. The predicted octanol–water partition coefficient (Wildman–Crippen LogP) is 3.96. The smallest absolute Gasteiger partial charge is 0.227 e. The number of piperidine rings is 1. The highest BCUT2D eigenvalue weighted by atomic mass is 35.5. The number of benzene rings is 1. The summed E-state index contributed by atoms with van der Waals surface area (Å²) >= 11 is 6.01.